The van der Waals surface area contributed by atoms with E-state index in [1.165, 1.54) is 11.8 Å². The van der Waals surface area contributed by atoms with Crippen LogP contribution in [-0.4, -0.2) is 36.9 Å². The third-order valence-corrected chi connectivity index (χ3v) is 4.46. The van der Waals surface area contributed by atoms with Crippen LogP contribution in [0.2, 0.25) is 0 Å². The molecule has 1 amide bonds. The lowest BCUT2D eigenvalue weighted by molar-refractivity contribution is -0.121. The summed E-state index contributed by atoms with van der Waals surface area (Å²) in [7, 11) is 0. The van der Waals surface area contributed by atoms with Crippen LogP contribution in [0.4, 0.5) is 11.4 Å². The smallest absolute Gasteiger partial charge is 0.240 e. The summed E-state index contributed by atoms with van der Waals surface area (Å²) in [5, 5.41) is 17.4. The monoisotopic (exact) mass is 382 g/mol. The van der Waals surface area contributed by atoms with Crippen LogP contribution in [0.15, 0.2) is 47.6 Å². The number of carbonyl (C=O) groups is 1. The molecule has 0 radical (unpaired) electrons. The highest BCUT2D eigenvalue weighted by molar-refractivity contribution is 5.86. The third-order valence-electron chi connectivity index (χ3n) is 4.46. The summed E-state index contributed by atoms with van der Waals surface area (Å²) in [6, 6.07) is 13.6. The van der Waals surface area contributed by atoms with Gasteiger partial charge in [0.2, 0.25) is 5.91 Å². The lowest BCUT2D eigenvalue weighted by Crippen LogP contribution is -2.21. The number of amides is 1. The number of hydrogen-bond donors (Lipinski definition) is 3. The number of aromatic hydroxyl groups is 1. The summed E-state index contributed by atoms with van der Waals surface area (Å²) in [6.07, 6.45) is 2.55. The molecular weight excluding hydrogens is 352 g/mol. The summed E-state index contributed by atoms with van der Waals surface area (Å²) >= 11 is 0. The molecule has 2 aromatic rings. The quantitative estimate of drug-likeness (QED) is 0.331. The Hall–Kier alpha value is -3.02. The number of aryl methyl sites for hydroxylation is 1. The van der Waals surface area contributed by atoms with Gasteiger partial charge in [-0.1, -0.05) is 12.1 Å². The Labute approximate surface area is 167 Å². The summed E-state index contributed by atoms with van der Waals surface area (Å²) in [6.45, 7) is 8.65. The van der Waals surface area contributed by atoms with E-state index in [1.807, 2.05) is 31.2 Å². The van der Waals surface area contributed by atoms with Crippen LogP contribution >= 0.6 is 0 Å². The zero-order chi connectivity index (χ0) is 20.4. The molecule has 2 aromatic carbocycles. The van der Waals surface area contributed by atoms with Crippen LogP contribution in [0.25, 0.3) is 0 Å². The Morgan fingerprint density at radius 1 is 1.18 bits per heavy atom. The van der Waals surface area contributed by atoms with Crippen molar-refractivity contribution in [3.05, 3.63) is 53.6 Å². The van der Waals surface area contributed by atoms with Crippen LogP contribution in [0.1, 0.15) is 37.8 Å². The number of anilines is 2. The molecule has 0 unspecified atom stereocenters. The van der Waals surface area contributed by atoms with E-state index in [1.54, 1.807) is 12.1 Å². The number of carbonyl (C=O) groups excluding carboxylic acids is 1. The summed E-state index contributed by atoms with van der Waals surface area (Å²) in [5.41, 5.74) is 6.29. The van der Waals surface area contributed by atoms with Gasteiger partial charge in [-0.15, -0.1) is 0 Å². The van der Waals surface area contributed by atoms with Crippen LogP contribution in [-0.2, 0) is 4.79 Å². The molecule has 0 saturated carbocycles. The molecule has 0 aromatic heterocycles. The second kappa shape index (κ2) is 11.0. The van der Waals surface area contributed by atoms with Crippen molar-refractivity contribution in [3.63, 3.8) is 0 Å². The van der Waals surface area contributed by atoms with Gasteiger partial charge in [0.25, 0.3) is 0 Å². The van der Waals surface area contributed by atoms with Gasteiger partial charge in [-0.2, -0.15) is 5.10 Å². The maximum atomic E-state index is 11.9. The number of benzene rings is 2. The zero-order valence-corrected chi connectivity index (χ0v) is 16.9. The fourth-order valence-corrected chi connectivity index (χ4v) is 2.89. The molecule has 6 heteroatoms. The minimum absolute atomic E-state index is 0.143. The van der Waals surface area contributed by atoms with Gasteiger partial charge in [-0.05, 0) is 57.0 Å². The molecule has 0 bridgehead atoms. The van der Waals surface area contributed by atoms with E-state index in [4.69, 9.17) is 0 Å². The minimum Gasteiger partial charge on any atom is -0.507 e. The average molecular weight is 383 g/mol. The highest BCUT2D eigenvalue weighted by Gasteiger charge is 2.06. The molecule has 0 heterocycles. The number of hydrazone groups is 1. The van der Waals surface area contributed by atoms with Gasteiger partial charge in [0, 0.05) is 49.1 Å². The number of hydrogen-bond acceptors (Lipinski definition) is 5. The molecule has 0 spiro atoms. The Morgan fingerprint density at radius 3 is 2.64 bits per heavy atom. The number of phenolic OH excluding ortho intramolecular Hbond substituents is 1. The molecule has 0 aliphatic heterocycles. The zero-order valence-electron chi connectivity index (χ0n) is 16.9. The number of phenols is 1. The molecule has 0 saturated heterocycles. The molecule has 0 fully saturated rings. The Morgan fingerprint density at radius 2 is 1.96 bits per heavy atom. The molecule has 0 aliphatic rings. The second-order valence-corrected chi connectivity index (χ2v) is 6.61. The fraction of sp³-hybridized carbons (Fsp3) is 0.364. The normalized spacial score (nSPS) is 10.8. The van der Waals surface area contributed by atoms with Crippen LogP contribution < -0.4 is 15.6 Å². The van der Waals surface area contributed by atoms with Crippen molar-refractivity contribution in [1.82, 2.24) is 5.43 Å². The van der Waals surface area contributed by atoms with Gasteiger partial charge in [-0.25, -0.2) is 5.43 Å². The van der Waals surface area contributed by atoms with Gasteiger partial charge in [0.05, 0.1) is 6.21 Å². The number of rotatable bonds is 10. The van der Waals surface area contributed by atoms with Gasteiger partial charge in [0.15, 0.2) is 0 Å². The van der Waals surface area contributed by atoms with Crippen molar-refractivity contribution in [3.8, 4) is 5.75 Å². The summed E-state index contributed by atoms with van der Waals surface area (Å²) < 4.78 is 0. The summed E-state index contributed by atoms with van der Waals surface area (Å²) in [4.78, 5) is 14.0. The Kier molecular flexibility index (Phi) is 8.34. The largest absolute Gasteiger partial charge is 0.507 e. The topological polar surface area (TPSA) is 77.0 Å². The first-order chi connectivity index (χ1) is 13.5. The van der Waals surface area contributed by atoms with E-state index in [2.05, 4.69) is 40.7 Å². The first-order valence-corrected chi connectivity index (χ1v) is 9.73. The Bertz CT molecular complexity index is 801. The molecular formula is C22H30N4O2. The molecule has 150 valence electrons. The van der Waals surface area contributed by atoms with Gasteiger partial charge >= 0.3 is 0 Å². The van der Waals surface area contributed by atoms with Crippen molar-refractivity contribution in [1.29, 1.82) is 0 Å². The van der Waals surface area contributed by atoms with Crippen molar-refractivity contribution in [2.24, 2.45) is 5.10 Å². The van der Waals surface area contributed by atoms with E-state index in [0.29, 0.717) is 24.9 Å². The lowest BCUT2D eigenvalue weighted by Gasteiger charge is -2.21. The van der Waals surface area contributed by atoms with Gasteiger partial charge in [-0.3, -0.25) is 4.79 Å². The fourth-order valence-electron chi connectivity index (χ4n) is 2.89. The van der Waals surface area contributed by atoms with Crippen LogP contribution in [0.5, 0.6) is 5.75 Å². The van der Waals surface area contributed by atoms with Gasteiger partial charge < -0.3 is 15.3 Å². The van der Waals surface area contributed by atoms with Crippen molar-refractivity contribution in [2.75, 3.05) is 29.9 Å². The highest BCUT2D eigenvalue weighted by atomic mass is 16.3. The minimum atomic E-state index is -0.151. The molecule has 0 atom stereocenters. The maximum absolute atomic E-state index is 11.9. The van der Waals surface area contributed by atoms with E-state index >= 15 is 0 Å². The van der Waals surface area contributed by atoms with Crippen molar-refractivity contribution in [2.45, 2.75) is 33.6 Å². The number of nitrogens with zero attached hydrogens (tertiary/aromatic N) is 2. The first-order valence-electron chi connectivity index (χ1n) is 9.73. The average Bonchev–Trinajstić information content (AvgIpc) is 2.68. The molecule has 0 aliphatic carbocycles. The van der Waals surface area contributed by atoms with Crippen LogP contribution in [0.3, 0.4) is 0 Å². The second-order valence-electron chi connectivity index (χ2n) is 6.61. The first kappa shape index (κ1) is 21.3. The third kappa shape index (κ3) is 6.61. The summed E-state index contributed by atoms with van der Waals surface area (Å²) in [5.74, 6) is -0.00806. The highest BCUT2D eigenvalue weighted by Crippen LogP contribution is 2.23. The predicted octanol–water partition coefficient (Wildman–Crippen LogP) is 3.89. The van der Waals surface area contributed by atoms with E-state index < -0.39 is 0 Å². The van der Waals surface area contributed by atoms with Crippen LogP contribution in [0, 0.1) is 6.92 Å². The molecule has 28 heavy (non-hydrogen) atoms. The SMILES string of the molecule is CCN(CC)c1ccc(/C=N/NC(=O)CCCNc2cccc(C)c2)c(O)c1. The van der Waals surface area contributed by atoms with Gasteiger partial charge in [0.1, 0.15) is 5.75 Å². The lowest BCUT2D eigenvalue weighted by atomic mass is 10.2. The van der Waals surface area contributed by atoms with E-state index in [0.717, 1.165) is 24.5 Å². The number of nitrogens with one attached hydrogen (secondary N) is 2. The standard InChI is InChI=1S/C22H30N4O2/c1-4-26(5-2)20-12-11-18(21(27)15-20)16-24-25-22(28)10-7-13-23-19-9-6-8-17(3)14-19/h6,8-9,11-12,14-16,23,27H,4-5,7,10,13H2,1-3H3,(H,25,28)/b24-16+. The molecule has 6 nitrogen and oxygen atoms in total. The predicted molar refractivity (Wildman–Crippen MR) is 116 cm³/mol. The Balaban J connectivity index is 1.75. The molecule has 3 N–H and O–H groups in total. The van der Waals surface area contributed by atoms with E-state index in [9.17, 15) is 9.90 Å². The maximum Gasteiger partial charge on any atom is 0.240 e. The van der Waals surface area contributed by atoms with Crippen molar-refractivity contribution < 1.29 is 9.90 Å². The molecule has 2 rings (SSSR count). The van der Waals surface area contributed by atoms with E-state index in [-0.39, 0.29) is 11.7 Å². The van der Waals surface area contributed by atoms with Crippen molar-refractivity contribution >= 4 is 23.5 Å².